The van der Waals surface area contributed by atoms with Gasteiger partial charge < -0.3 is 15.2 Å². The number of anilines is 1. The molecule has 2 heterocycles. The quantitative estimate of drug-likeness (QED) is 0.807. The summed E-state index contributed by atoms with van der Waals surface area (Å²) in [6, 6.07) is 5.61. The summed E-state index contributed by atoms with van der Waals surface area (Å²) in [5, 5.41) is 0.583. The highest BCUT2D eigenvalue weighted by Gasteiger charge is 2.20. The van der Waals surface area contributed by atoms with E-state index in [1.165, 1.54) is 0 Å². The highest BCUT2D eigenvalue weighted by molar-refractivity contribution is 6.32. The van der Waals surface area contributed by atoms with Crippen molar-refractivity contribution in [2.75, 3.05) is 12.3 Å². The zero-order valence-electron chi connectivity index (χ0n) is 13.4. The van der Waals surface area contributed by atoms with E-state index in [4.69, 9.17) is 26.8 Å². The monoisotopic (exact) mass is 332 g/mol. The number of fused-ring (bicyclic) bond motifs is 3. The second kappa shape index (κ2) is 6.67. The second-order valence-corrected chi connectivity index (χ2v) is 6.63. The Hall–Kier alpha value is -1.94. The van der Waals surface area contributed by atoms with Crippen molar-refractivity contribution in [2.24, 2.45) is 5.92 Å². The molecule has 0 spiro atoms. The summed E-state index contributed by atoms with van der Waals surface area (Å²) in [6.07, 6.45) is 3.90. The normalized spacial score (nSPS) is 12.5. The number of pyridine rings is 1. The summed E-state index contributed by atoms with van der Waals surface area (Å²) in [5.74, 6) is 2.60. The van der Waals surface area contributed by atoms with Crippen LogP contribution in [0.5, 0.6) is 11.5 Å². The summed E-state index contributed by atoms with van der Waals surface area (Å²) in [7, 11) is 0. The van der Waals surface area contributed by atoms with E-state index < -0.39 is 0 Å². The van der Waals surface area contributed by atoms with Gasteiger partial charge >= 0.3 is 0 Å². The van der Waals surface area contributed by atoms with Gasteiger partial charge in [-0.25, -0.2) is 4.98 Å². The molecule has 0 amide bonds. The van der Waals surface area contributed by atoms with E-state index in [1.807, 2.05) is 18.2 Å². The number of hydrogen-bond donors (Lipinski definition) is 1. The molecule has 0 atom stereocenters. The maximum absolute atomic E-state index is 6.38. The number of nitrogens with two attached hydrogens (primary N) is 1. The van der Waals surface area contributed by atoms with Crippen molar-refractivity contribution < 1.29 is 9.47 Å². The molecule has 0 fully saturated rings. The Bertz CT molecular complexity index is 716. The molecule has 4 nitrogen and oxygen atoms in total. The Labute approximate surface area is 141 Å². The zero-order valence-corrected chi connectivity index (χ0v) is 14.2. The molecule has 1 aromatic carbocycles. The second-order valence-electron chi connectivity index (χ2n) is 6.22. The molecule has 2 aromatic rings. The van der Waals surface area contributed by atoms with Gasteiger partial charge in [-0.2, -0.15) is 0 Å². The van der Waals surface area contributed by atoms with Gasteiger partial charge in [0.05, 0.1) is 11.6 Å². The van der Waals surface area contributed by atoms with Crippen LogP contribution in [0.15, 0.2) is 24.4 Å². The standard InChI is InChI=1S/C18H21ClN2O2/c1-11(2)4-3-5-22-17-8-16-14(6-15(17)19)13-7-18(20)21-9-12(13)10-23-16/h6-9,11H,3-5,10H2,1-2H3,(H2,20,21). The Morgan fingerprint density at radius 3 is 2.91 bits per heavy atom. The zero-order chi connectivity index (χ0) is 16.4. The third kappa shape index (κ3) is 3.53. The number of halogens is 1. The first-order chi connectivity index (χ1) is 11.0. The molecule has 1 aliphatic rings. The van der Waals surface area contributed by atoms with Gasteiger partial charge in [-0.15, -0.1) is 0 Å². The van der Waals surface area contributed by atoms with Crippen molar-refractivity contribution in [3.8, 4) is 22.6 Å². The predicted octanol–water partition coefficient (Wildman–Crippen LogP) is 4.69. The molecule has 1 aliphatic heterocycles. The number of benzene rings is 1. The Kier molecular flexibility index (Phi) is 4.62. The van der Waals surface area contributed by atoms with E-state index in [9.17, 15) is 0 Å². The SMILES string of the molecule is CC(C)CCCOc1cc2c(cc1Cl)-c1cc(N)ncc1CO2. The number of rotatable bonds is 5. The maximum atomic E-state index is 6.38. The van der Waals surface area contributed by atoms with Crippen LogP contribution in [0.2, 0.25) is 5.02 Å². The predicted molar refractivity (Wildman–Crippen MR) is 93.0 cm³/mol. The largest absolute Gasteiger partial charge is 0.492 e. The van der Waals surface area contributed by atoms with Crippen LogP contribution < -0.4 is 15.2 Å². The number of nitrogen functional groups attached to an aromatic ring is 1. The van der Waals surface area contributed by atoms with Gasteiger partial charge in [0.25, 0.3) is 0 Å². The molecular weight excluding hydrogens is 312 g/mol. The van der Waals surface area contributed by atoms with Gasteiger partial charge in [-0.1, -0.05) is 25.4 Å². The smallest absolute Gasteiger partial charge is 0.141 e. The van der Waals surface area contributed by atoms with E-state index in [2.05, 4.69) is 18.8 Å². The van der Waals surface area contributed by atoms with Crippen molar-refractivity contribution in [2.45, 2.75) is 33.3 Å². The molecule has 0 unspecified atom stereocenters. The van der Waals surface area contributed by atoms with Gasteiger partial charge in [0.1, 0.15) is 23.9 Å². The van der Waals surface area contributed by atoms with Crippen LogP contribution in [0.4, 0.5) is 5.82 Å². The number of aromatic nitrogens is 1. The van der Waals surface area contributed by atoms with Crippen LogP contribution in [-0.4, -0.2) is 11.6 Å². The Balaban J connectivity index is 1.83. The van der Waals surface area contributed by atoms with E-state index in [0.717, 1.165) is 35.3 Å². The number of nitrogens with zero attached hydrogens (tertiary/aromatic N) is 1. The molecule has 3 rings (SSSR count). The Morgan fingerprint density at radius 2 is 2.13 bits per heavy atom. The fraction of sp³-hybridized carbons (Fsp3) is 0.389. The van der Waals surface area contributed by atoms with E-state index in [1.54, 1.807) is 6.20 Å². The fourth-order valence-electron chi connectivity index (χ4n) is 2.67. The van der Waals surface area contributed by atoms with E-state index in [0.29, 0.717) is 35.7 Å². The molecule has 122 valence electrons. The van der Waals surface area contributed by atoms with Crippen LogP contribution in [-0.2, 0) is 6.61 Å². The lowest BCUT2D eigenvalue weighted by atomic mass is 9.98. The molecule has 0 saturated carbocycles. The molecule has 23 heavy (non-hydrogen) atoms. The molecular formula is C18H21ClN2O2. The first kappa shape index (κ1) is 15.9. The van der Waals surface area contributed by atoms with Crippen LogP contribution in [0.1, 0.15) is 32.3 Å². The first-order valence-corrected chi connectivity index (χ1v) is 8.26. The lowest BCUT2D eigenvalue weighted by molar-refractivity contribution is 0.284. The van der Waals surface area contributed by atoms with Gasteiger partial charge in [0.2, 0.25) is 0 Å². The van der Waals surface area contributed by atoms with Crippen molar-refractivity contribution in [1.82, 2.24) is 4.98 Å². The number of hydrogen-bond acceptors (Lipinski definition) is 4. The fourth-order valence-corrected chi connectivity index (χ4v) is 2.89. The molecule has 2 N–H and O–H groups in total. The molecule has 5 heteroatoms. The van der Waals surface area contributed by atoms with Crippen molar-refractivity contribution >= 4 is 17.4 Å². The van der Waals surface area contributed by atoms with Crippen LogP contribution in [0, 0.1) is 5.92 Å². The average Bonchev–Trinajstić information content (AvgIpc) is 2.51. The minimum Gasteiger partial charge on any atom is -0.492 e. The molecule has 0 aliphatic carbocycles. The Morgan fingerprint density at radius 1 is 1.30 bits per heavy atom. The lowest BCUT2D eigenvalue weighted by Gasteiger charge is -2.22. The minimum absolute atomic E-state index is 0.476. The van der Waals surface area contributed by atoms with Gasteiger partial charge in [0, 0.05) is 23.4 Å². The summed E-state index contributed by atoms with van der Waals surface area (Å²) in [6.45, 7) is 5.55. The van der Waals surface area contributed by atoms with Crippen molar-refractivity contribution in [1.29, 1.82) is 0 Å². The van der Waals surface area contributed by atoms with Crippen molar-refractivity contribution in [3.05, 3.63) is 35.0 Å². The van der Waals surface area contributed by atoms with E-state index in [-0.39, 0.29) is 0 Å². The summed E-state index contributed by atoms with van der Waals surface area (Å²) in [4.78, 5) is 4.11. The minimum atomic E-state index is 0.476. The molecule has 1 aromatic heterocycles. The van der Waals surface area contributed by atoms with Gasteiger partial charge in [-0.05, 0) is 36.5 Å². The number of ether oxygens (including phenoxy) is 2. The third-order valence-corrected chi connectivity index (χ3v) is 4.19. The maximum Gasteiger partial charge on any atom is 0.141 e. The molecule has 0 radical (unpaired) electrons. The average molecular weight is 333 g/mol. The summed E-state index contributed by atoms with van der Waals surface area (Å²) < 4.78 is 11.6. The third-order valence-electron chi connectivity index (χ3n) is 3.90. The van der Waals surface area contributed by atoms with Gasteiger partial charge in [-0.3, -0.25) is 0 Å². The van der Waals surface area contributed by atoms with Crippen LogP contribution in [0.3, 0.4) is 0 Å². The highest BCUT2D eigenvalue weighted by atomic mass is 35.5. The summed E-state index contributed by atoms with van der Waals surface area (Å²) >= 11 is 6.38. The van der Waals surface area contributed by atoms with Gasteiger partial charge in [0.15, 0.2) is 0 Å². The van der Waals surface area contributed by atoms with Crippen molar-refractivity contribution in [3.63, 3.8) is 0 Å². The first-order valence-electron chi connectivity index (χ1n) is 7.88. The molecule has 0 bridgehead atoms. The lowest BCUT2D eigenvalue weighted by Crippen LogP contribution is -2.08. The molecule has 0 saturated heterocycles. The van der Waals surface area contributed by atoms with Crippen LogP contribution in [0.25, 0.3) is 11.1 Å². The van der Waals surface area contributed by atoms with E-state index >= 15 is 0 Å². The topological polar surface area (TPSA) is 57.4 Å². The highest BCUT2D eigenvalue weighted by Crippen LogP contribution is 2.43. The summed E-state index contributed by atoms with van der Waals surface area (Å²) in [5.41, 5.74) is 8.76. The van der Waals surface area contributed by atoms with Crippen LogP contribution >= 0.6 is 11.6 Å².